The Morgan fingerprint density at radius 3 is 2.76 bits per heavy atom. The molecule has 0 radical (unpaired) electrons. The highest BCUT2D eigenvalue weighted by atomic mass is 32.1. The monoisotopic (exact) mass is 304 g/mol. The Balaban J connectivity index is 1.68. The number of carbonyl (C=O) groups is 1. The Morgan fingerprint density at radius 2 is 2.14 bits per heavy atom. The summed E-state index contributed by atoms with van der Waals surface area (Å²) in [7, 11) is 0. The van der Waals surface area contributed by atoms with Crippen LogP contribution in [-0.4, -0.2) is 22.4 Å². The van der Waals surface area contributed by atoms with Crippen molar-refractivity contribution in [1.82, 2.24) is 10.2 Å². The highest BCUT2D eigenvalue weighted by molar-refractivity contribution is 7.08. The topological polar surface area (TPSA) is 32.3 Å². The first-order chi connectivity index (χ1) is 10.2. The first kappa shape index (κ1) is 13.8. The van der Waals surface area contributed by atoms with Crippen molar-refractivity contribution in [1.29, 1.82) is 0 Å². The molecule has 3 nitrogen and oxygen atoms in total. The summed E-state index contributed by atoms with van der Waals surface area (Å²) in [4.78, 5) is 15.4. The van der Waals surface area contributed by atoms with Crippen LogP contribution in [-0.2, 0) is 4.79 Å². The molecular weight excluding hydrogens is 280 g/mol. The predicted molar refractivity (Wildman–Crippen MR) is 85.0 cm³/mol. The van der Waals surface area contributed by atoms with E-state index < -0.39 is 0 Å². The lowest BCUT2D eigenvalue weighted by Crippen LogP contribution is -2.45. The van der Waals surface area contributed by atoms with Crippen LogP contribution in [0, 0.1) is 5.92 Å². The zero-order chi connectivity index (χ0) is 14.4. The zero-order valence-electron chi connectivity index (χ0n) is 12.7. The van der Waals surface area contributed by atoms with Crippen LogP contribution >= 0.6 is 11.3 Å². The van der Waals surface area contributed by atoms with Crippen LogP contribution in [0.25, 0.3) is 0 Å². The summed E-state index contributed by atoms with van der Waals surface area (Å²) in [5.74, 6) is 1.14. The fourth-order valence-corrected chi connectivity index (χ4v) is 5.25. The molecule has 2 aliphatic carbocycles. The van der Waals surface area contributed by atoms with Crippen LogP contribution < -0.4 is 5.32 Å². The van der Waals surface area contributed by atoms with E-state index in [1.54, 1.807) is 11.3 Å². The van der Waals surface area contributed by atoms with Gasteiger partial charge in [0.05, 0.1) is 5.54 Å². The van der Waals surface area contributed by atoms with Gasteiger partial charge in [0.2, 0.25) is 5.91 Å². The molecule has 21 heavy (non-hydrogen) atoms. The minimum Gasteiger partial charge on any atom is -0.318 e. The summed E-state index contributed by atoms with van der Waals surface area (Å²) in [6.45, 7) is 2.32. The summed E-state index contributed by atoms with van der Waals surface area (Å²) in [6, 6.07) is 2.61. The van der Waals surface area contributed by atoms with Gasteiger partial charge in [0.15, 0.2) is 0 Å². The van der Waals surface area contributed by atoms with Gasteiger partial charge >= 0.3 is 0 Å². The first-order valence-electron chi connectivity index (χ1n) is 8.32. The smallest absolute Gasteiger partial charge is 0.244 e. The number of nitrogens with zero attached hydrogens (tertiary/aromatic N) is 1. The van der Waals surface area contributed by atoms with Crippen LogP contribution in [0.5, 0.6) is 0 Å². The maximum atomic E-state index is 13.2. The first-order valence-corrected chi connectivity index (χ1v) is 9.26. The molecule has 0 bridgehead atoms. The highest BCUT2D eigenvalue weighted by Gasteiger charge is 2.54. The summed E-state index contributed by atoms with van der Waals surface area (Å²) >= 11 is 1.73. The third-order valence-corrected chi connectivity index (χ3v) is 6.41. The molecule has 1 aromatic rings. The van der Waals surface area contributed by atoms with Crippen molar-refractivity contribution in [3.8, 4) is 0 Å². The molecule has 4 heteroatoms. The summed E-state index contributed by atoms with van der Waals surface area (Å²) in [6.07, 6.45) is 8.12. The number of nitrogens with one attached hydrogen (secondary N) is 1. The predicted octanol–water partition coefficient (Wildman–Crippen LogP) is 3.68. The van der Waals surface area contributed by atoms with Crippen LogP contribution in [0.1, 0.15) is 63.6 Å². The van der Waals surface area contributed by atoms with Crippen LogP contribution in [0.2, 0.25) is 0 Å². The lowest BCUT2D eigenvalue weighted by molar-refractivity contribution is -0.135. The van der Waals surface area contributed by atoms with Crippen LogP contribution in [0.3, 0.4) is 0 Å². The molecule has 1 aromatic heterocycles. The molecule has 1 aliphatic heterocycles. The lowest BCUT2D eigenvalue weighted by atomic mass is 9.97. The van der Waals surface area contributed by atoms with E-state index in [2.05, 4.69) is 34.0 Å². The molecule has 3 aliphatic rings. The van der Waals surface area contributed by atoms with E-state index in [-0.39, 0.29) is 11.7 Å². The van der Waals surface area contributed by atoms with Crippen molar-refractivity contribution in [2.45, 2.75) is 69.6 Å². The van der Waals surface area contributed by atoms with Gasteiger partial charge in [0, 0.05) is 6.04 Å². The largest absolute Gasteiger partial charge is 0.318 e. The van der Waals surface area contributed by atoms with E-state index in [0.717, 1.165) is 18.8 Å². The van der Waals surface area contributed by atoms with Gasteiger partial charge in [-0.2, -0.15) is 11.3 Å². The Bertz CT molecular complexity index is 521. The molecule has 2 saturated carbocycles. The molecule has 1 spiro atoms. The fourth-order valence-electron chi connectivity index (χ4n) is 4.57. The second-order valence-corrected chi connectivity index (χ2v) is 7.96. The molecule has 1 amide bonds. The zero-order valence-corrected chi connectivity index (χ0v) is 13.5. The number of thiophene rings is 1. The van der Waals surface area contributed by atoms with Gasteiger partial charge in [-0.15, -0.1) is 0 Å². The van der Waals surface area contributed by atoms with Gasteiger partial charge in [-0.1, -0.05) is 19.8 Å². The molecule has 2 heterocycles. The van der Waals surface area contributed by atoms with E-state index in [1.807, 2.05) is 0 Å². The molecule has 0 aromatic carbocycles. The van der Waals surface area contributed by atoms with Crippen molar-refractivity contribution < 1.29 is 4.79 Å². The van der Waals surface area contributed by atoms with E-state index >= 15 is 0 Å². The Labute approximate surface area is 130 Å². The maximum Gasteiger partial charge on any atom is 0.244 e. The lowest BCUT2D eigenvalue weighted by Gasteiger charge is -2.30. The molecule has 1 saturated heterocycles. The minimum absolute atomic E-state index is 0.108. The van der Waals surface area contributed by atoms with Gasteiger partial charge in [-0.25, -0.2) is 0 Å². The molecule has 4 rings (SSSR count). The summed E-state index contributed by atoms with van der Waals surface area (Å²) < 4.78 is 0. The van der Waals surface area contributed by atoms with Gasteiger partial charge < -0.3 is 4.90 Å². The SMILES string of the molecule is CC1CCC(N2C(=O)C3(CCCC3)NC2c2ccsc2)C1. The van der Waals surface area contributed by atoms with E-state index in [0.29, 0.717) is 11.9 Å². The molecule has 3 atom stereocenters. The average molecular weight is 304 g/mol. The van der Waals surface area contributed by atoms with Crippen LogP contribution in [0.15, 0.2) is 16.8 Å². The number of carbonyl (C=O) groups excluding carboxylic acids is 1. The van der Waals surface area contributed by atoms with Crippen molar-refractivity contribution in [3.63, 3.8) is 0 Å². The standard InChI is InChI=1S/C17H24N2OS/c1-12-4-5-14(10-12)19-15(13-6-9-21-11-13)18-17(16(19)20)7-2-3-8-17/h6,9,11-12,14-15,18H,2-5,7-8,10H2,1H3. The normalized spacial score (nSPS) is 35.2. The van der Waals surface area contributed by atoms with Crippen molar-refractivity contribution in [2.75, 3.05) is 0 Å². The Kier molecular flexibility index (Phi) is 3.34. The van der Waals surface area contributed by atoms with E-state index in [1.165, 1.54) is 37.7 Å². The maximum absolute atomic E-state index is 13.2. The number of hydrogen-bond donors (Lipinski definition) is 1. The third kappa shape index (κ3) is 2.15. The average Bonchev–Trinajstić information content (AvgIpc) is 3.22. The van der Waals surface area contributed by atoms with Crippen molar-refractivity contribution >= 4 is 17.2 Å². The van der Waals surface area contributed by atoms with Crippen molar-refractivity contribution in [3.05, 3.63) is 22.4 Å². The molecule has 3 fully saturated rings. The van der Waals surface area contributed by atoms with Crippen molar-refractivity contribution in [2.24, 2.45) is 5.92 Å². The molecule has 1 N–H and O–H groups in total. The minimum atomic E-state index is -0.252. The van der Waals surface area contributed by atoms with E-state index in [4.69, 9.17) is 0 Å². The summed E-state index contributed by atoms with van der Waals surface area (Å²) in [5.41, 5.74) is 1.02. The Morgan fingerprint density at radius 1 is 1.33 bits per heavy atom. The van der Waals surface area contributed by atoms with Gasteiger partial charge in [-0.05, 0) is 60.4 Å². The summed E-state index contributed by atoms with van der Waals surface area (Å²) in [5, 5.41) is 8.06. The van der Waals surface area contributed by atoms with Crippen LogP contribution in [0.4, 0.5) is 0 Å². The highest BCUT2D eigenvalue weighted by Crippen LogP contribution is 2.45. The third-order valence-electron chi connectivity index (χ3n) is 5.71. The number of rotatable bonds is 2. The van der Waals surface area contributed by atoms with E-state index in [9.17, 15) is 4.79 Å². The Hall–Kier alpha value is -0.870. The second kappa shape index (κ2) is 5.10. The number of hydrogen-bond acceptors (Lipinski definition) is 3. The molecular formula is C17H24N2OS. The van der Waals surface area contributed by atoms with Gasteiger partial charge in [-0.3, -0.25) is 10.1 Å². The second-order valence-electron chi connectivity index (χ2n) is 7.18. The fraction of sp³-hybridized carbons (Fsp3) is 0.706. The number of amides is 1. The molecule has 3 unspecified atom stereocenters. The van der Waals surface area contributed by atoms with Gasteiger partial charge in [0.1, 0.15) is 6.17 Å². The quantitative estimate of drug-likeness (QED) is 0.904. The molecule has 114 valence electrons. The van der Waals surface area contributed by atoms with Gasteiger partial charge in [0.25, 0.3) is 0 Å².